The number of nitrogens with two attached hydrogens (primary N) is 1. The number of likely N-dealkylation sites (tertiary alicyclic amines) is 1. The van der Waals surface area contributed by atoms with Crippen molar-refractivity contribution in [3.05, 3.63) is 0 Å². The molecule has 6 nitrogen and oxygen atoms in total. The summed E-state index contributed by atoms with van der Waals surface area (Å²) in [5.74, 6) is -0.653. The topological polar surface area (TPSA) is 81.9 Å². The number of carbonyl (C=O) groups excluding carboxylic acids is 2. The molecule has 2 N–H and O–H groups in total. The van der Waals surface area contributed by atoms with Crippen LogP contribution in [-0.2, 0) is 14.3 Å². The Morgan fingerprint density at radius 2 is 1.94 bits per heavy atom. The van der Waals surface area contributed by atoms with E-state index in [1.807, 2.05) is 20.8 Å². The Balaban J connectivity index is 2.55. The number of amides is 1. The van der Waals surface area contributed by atoms with Gasteiger partial charge in [-0.2, -0.15) is 0 Å². The first-order valence-corrected chi connectivity index (χ1v) is 6.06. The molecule has 0 spiro atoms. The van der Waals surface area contributed by atoms with E-state index in [0.29, 0.717) is 19.5 Å². The first-order valence-electron chi connectivity index (χ1n) is 6.06. The molecule has 0 saturated carbocycles. The van der Waals surface area contributed by atoms with Crippen LogP contribution in [0.3, 0.4) is 0 Å². The van der Waals surface area contributed by atoms with E-state index >= 15 is 0 Å². The Hall–Kier alpha value is -1.30. The lowest BCUT2D eigenvalue weighted by molar-refractivity contribution is -0.147. The highest BCUT2D eigenvalue weighted by Gasteiger charge is 2.35. The summed E-state index contributed by atoms with van der Waals surface area (Å²) in [6, 6.07) is -0.404. The highest BCUT2D eigenvalue weighted by atomic mass is 16.6. The predicted octanol–water partition coefficient (Wildman–Crippen LogP) is 0.744. The van der Waals surface area contributed by atoms with Crippen LogP contribution in [-0.4, -0.2) is 48.8 Å². The number of hydrogen-bond acceptors (Lipinski definition) is 5. The van der Waals surface area contributed by atoms with Gasteiger partial charge in [-0.15, -0.1) is 0 Å². The molecule has 1 fully saturated rings. The predicted molar refractivity (Wildman–Crippen MR) is 65.9 cm³/mol. The third-order valence-electron chi connectivity index (χ3n) is 2.81. The molecule has 6 heteroatoms. The molecule has 0 bridgehead atoms. The fourth-order valence-electron chi connectivity index (χ4n) is 1.92. The Labute approximate surface area is 107 Å². The summed E-state index contributed by atoms with van der Waals surface area (Å²) >= 11 is 0. The van der Waals surface area contributed by atoms with Crippen molar-refractivity contribution in [2.75, 3.05) is 20.2 Å². The van der Waals surface area contributed by atoms with E-state index in [9.17, 15) is 9.59 Å². The lowest BCUT2D eigenvalue weighted by Gasteiger charge is -2.36. The van der Waals surface area contributed by atoms with Crippen LogP contribution in [0.15, 0.2) is 0 Å². The molecule has 0 aliphatic carbocycles. The number of methoxy groups -OCH3 is 1. The van der Waals surface area contributed by atoms with Crippen LogP contribution in [0, 0.1) is 5.92 Å². The number of esters is 1. The van der Waals surface area contributed by atoms with Crippen molar-refractivity contribution in [1.82, 2.24) is 4.90 Å². The quantitative estimate of drug-likeness (QED) is 0.702. The van der Waals surface area contributed by atoms with Gasteiger partial charge in [0.15, 0.2) is 0 Å². The molecule has 2 atom stereocenters. The SMILES string of the molecule is COC(=O)[C@H]1CCN(C(=O)OC(C)(C)C)C[C@H]1N. The second-order valence-electron chi connectivity index (χ2n) is 5.51. The molecular formula is C12H22N2O4. The van der Waals surface area contributed by atoms with E-state index in [1.54, 1.807) is 0 Å². The number of hydrogen-bond donors (Lipinski definition) is 1. The smallest absolute Gasteiger partial charge is 0.410 e. The minimum absolute atomic E-state index is 0.314. The van der Waals surface area contributed by atoms with Gasteiger partial charge in [-0.1, -0.05) is 0 Å². The van der Waals surface area contributed by atoms with Gasteiger partial charge < -0.3 is 20.1 Å². The highest BCUT2D eigenvalue weighted by molar-refractivity contribution is 5.74. The minimum Gasteiger partial charge on any atom is -0.469 e. The first kappa shape index (κ1) is 14.8. The molecule has 0 aromatic heterocycles. The molecule has 0 radical (unpaired) electrons. The van der Waals surface area contributed by atoms with Crippen LogP contribution >= 0.6 is 0 Å². The Kier molecular flexibility index (Phi) is 4.56. The van der Waals surface area contributed by atoms with E-state index in [2.05, 4.69) is 4.74 Å². The summed E-state index contributed by atoms with van der Waals surface area (Å²) in [5, 5.41) is 0. The molecule has 18 heavy (non-hydrogen) atoms. The summed E-state index contributed by atoms with van der Waals surface area (Å²) in [7, 11) is 1.34. The summed E-state index contributed by atoms with van der Waals surface area (Å²) in [4.78, 5) is 24.8. The van der Waals surface area contributed by atoms with Crippen LogP contribution in [0.5, 0.6) is 0 Å². The zero-order valence-electron chi connectivity index (χ0n) is 11.4. The Bertz CT molecular complexity index is 325. The van der Waals surface area contributed by atoms with Crippen LogP contribution in [0.1, 0.15) is 27.2 Å². The molecule has 0 aromatic carbocycles. The molecule has 1 amide bonds. The third kappa shape index (κ3) is 3.87. The van der Waals surface area contributed by atoms with Gasteiger partial charge in [0.25, 0.3) is 0 Å². The van der Waals surface area contributed by atoms with Gasteiger partial charge in [0.05, 0.1) is 13.0 Å². The van der Waals surface area contributed by atoms with Crippen molar-refractivity contribution in [3.63, 3.8) is 0 Å². The standard InChI is InChI=1S/C12H22N2O4/c1-12(2,3)18-11(16)14-6-5-8(9(13)7-14)10(15)17-4/h8-9H,5-7,13H2,1-4H3/t8-,9+/m0/s1. The van der Waals surface area contributed by atoms with Crippen molar-refractivity contribution < 1.29 is 19.1 Å². The number of piperidine rings is 1. The molecule has 1 saturated heterocycles. The average molecular weight is 258 g/mol. The molecule has 0 unspecified atom stereocenters. The number of ether oxygens (including phenoxy) is 2. The van der Waals surface area contributed by atoms with E-state index in [-0.39, 0.29) is 18.0 Å². The maximum atomic E-state index is 11.8. The van der Waals surface area contributed by atoms with Crippen molar-refractivity contribution >= 4 is 12.1 Å². The van der Waals surface area contributed by atoms with Crippen molar-refractivity contribution in [3.8, 4) is 0 Å². The number of carbonyl (C=O) groups is 2. The lowest BCUT2D eigenvalue weighted by Crippen LogP contribution is -2.53. The van der Waals surface area contributed by atoms with Crippen molar-refractivity contribution in [2.24, 2.45) is 11.7 Å². The normalized spacial score (nSPS) is 24.6. The maximum absolute atomic E-state index is 11.8. The maximum Gasteiger partial charge on any atom is 0.410 e. The van der Waals surface area contributed by atoms with Crippen molar-refractivity contribution in [2.45, 2.75) is 38.8 Å². The summed E-state index contributed by atoms with van der Waals surface area (Å²) in [6.45, 7) is 6.21. The van der Waals surface area contributed by atoms with Gasteiger partial charge >= 0.3 is 12.1 Å². The Morgan fingerprint density at radius 3 is 2.39 bits per heavy atom. The van der Waals surface area contributed by atoms with Gasteiger partial charge in [0.2, 0.25) is 0 Å². The molecule has 1 rings (SSSR count). The van der Waals surface area contributed by atoms with Gasteiger partial charge in [-0.3, -0.25) is 4.79 Å². The summed E-state index contributed by atoms with van der Waals surface area (Å²) in [5.41, 5.74) is 5.37. The van der Waals surface area contributed by atoms with Crippen molar-refractivity contribution in [1.29, 1.82) is 0 Å². The molecule has 1 aliphatic rings. The second kappa shape index (κ2) is 5.56. The lowest BCUT2D eigenvalue weighted by atomic mass is 9.92. The van der Waals surface area contributed by atoms with Crippen LogP contribution in [0.2, 0.25) is 0 Å². The van der Waals surface area contributed by atoms with Crippen LogP contribution in [0.4, 0.5) is 4.79 Å². The molecular weight excluding hydrogens is 236 g/mol. The van der Waals surface area contributed by atoms with Gasteiger partial charge in [-0.25, -0.2) is 4.79 Å². The van der Waals surface area contributed by atoms with E-state index < -0.39 is 11.6 Å². The molecule has 0 aromatic rings. The van der Waals surface area contributed by atoms with E-state index in [4.69, 9.17) is 10.5 Å². The number of rotatable bonds is 1. The monoisotopic (exact) mass is 258 g/mol. The Morgan fingerprint density at radius 1 is 1.33 bits per heavy atom. The van der Waals surface area contributed by atoms with Gasteiger partial charge in [0.1, 0.15) is 5.60 Å². The second-order valence-corrected chi connectivity index (χ2v) is 5.51. The fourth-order valence-corrected chi connectivity index (χ4v) is 1.92. The summed E-state index contributed by atoms with van der Waals surface area (Å²) in [6.07, 6.45) is 0.119. The highest BCUT2D eigenvalue weighted by Crippen LogP contribution is 2.20. The van der Waals surface area contributed by atoms with Gasteiger partial charge in [0, 0.05) is 19.1 Å². The van der Waals surface area contributed by atoms with Gasteiger partial charge in [-0.05, 0) is 27.2 Å². The van der Waals surface area contributed by atoms with E-state index in [1.165, 1.54) is 12.0 Å². The first-order chi connectivity index (χ1) is 8.24. The zero-order chi connectivity index (χ0) is 13.9. The average Bonchev–Trinajstić information content (AvgIpc) is 2.25. The molecule has 1 aliphatic heterocycles. The third-order valence-corrected chi connectivity index (χ3v) is 2.81. The van der Waals surface area contributed by atoms with Crippen LogP contribution < -0.4 is 5.73 Å². The van der Waals surface area contributed by atoms with Crippen LogP contribution in [0.25, 0.3) is 0 Å². The fraction of sp³-hybridized carbons (Fsp3) is 0.833. The number of nitrogens with zero attached hydrogens (tertiary/aromatic N) is 1. The molecule has 104 valence electrons. The zero-order valence-corrected chi connectivity index (χ0v) is 11.4. The largest absolute Gasteiger partial charge is 0.469 e. The summed E-state index contributed by atoms with van der Waals surface area (Å²) < 4.78 is 9.95. The molecule has 1 heterocycles. The minimum atomic E-state index is -0.527. The van der Waals surface area contributed by atoms with E-state index in [0.717, 1.165) is 0 Å².